The van der Waals surface area contributed by atoms with Crippen LogP contribution in [0, 0.1) is 5.92 Å². The summed E-state index contributed by atoms with van der Waals surface area (Å²) in [6.45, 7) is 6.55. The van der Waals surface area contributed by atoms with Crippen molar-refractivity contribution in [2.75, 3.05) is 0 Å². The maximum atomic E-state index is 13.4. The number of aromatic nitrogens is 4. The van der Waals surface area contributed by atoms with Crippen LogP contribution in [-0.4, -0.2) is 143 Å². The maximum Gasteiger partial charge on any atom is 0.303 e. The van der Waals surface area contributed by atoms with Crippen LogP contribution in [0.2, 0.25) is 0 Å². The number of nitrogens with two attached hydrogens (primary N) is 1. The first kappa shape index (κ1) is 50.2. The number of nitrogens with one attached hydrogen (secondary N) is 9. The van der Waals surface area contributed by atoms with Crippen molar-refractivity contribution in [3.63, 3.8) is 0 Å². The highest BCUT2D eigenvalue weighted by atomic mass is 16.4. The van der Waals surface area contributed by atoms with Crippen LogP contribution < -0.4 is 43.0 Å². The zero-order valence-corrected chi connectivity index (χ0v) is 34.1. The van der Waals surface area contributed by atoms with Crippen LogP contribution >= 0.6 is 0 Å². The Kier molecular flexibility index (Phi) is 20.0. The van der Waals surface area contributed by atoms with Crippen LogP contribution in [0.5, 0.6) is 0 Å². The number of rotatable bonds is 26. The number of aliphatic hydroxyl groups excluding tert-OH is 1. The second-order valence-electron chi connectivity index (χ2n) is 14.3. The van der Waals surface area contributed by atoms with Crippen molar-refractivity contribution in [2.45, 2.75) is 122 Å². The number of aliphatic carboxylic acids is 2. The van der Waals surface area contributed by atoms with Crippen LogP contribution in [0.4, 0.5) is 0 Å². The van der Waals surface area contributed by atoms with E-state index in [0.29, 0.717) is 11.4 Å². The fraction of sp³-hybridized carbons (Fsp3) is 0.556. The molecule has 0 aromatic carbocycles. The zero-order chi connectivity index (χ0) is 46.0. The number of nitrogens with zero attached hydrogens (tertiary/aromatic N) is 2. The Bertz CT molecular complexity index is 1850. The second kappa shape index (κ2) is 24.2. The third-order valence-corrected chi connectivity index (χ3v) is 9.05. The largest absolute Gasteiger partial charge is 0.481 e. The van der Waals surface area contributed by atoms with E-state index in [1.807, 2.05) is 0 Å². The van der Waals surface area contributed by atoms with Crippen LogP contribution in [0.25, 0.3) is 0 Å². The molecule has 0 saturated carbocycles. The van der Waals surface area contributed by atoms with Gasteiger partial charge < -0.3 is 68.2 Å². The summed E-state index contributed by atoms with van der Waals surface area (Å²) >= 11 is 0. The summed E-state index contributed by atoms with van der Waals surface area (Å²) in [6, 6.07) is -9.85. The predicted molar refractivity (Wildman–Crippen MR) is 209 cm³/mol. The number of carbonyl (C=O) groups excluding carboxylic acids is 8. The molecule has 2 heterocycles. The Balaban J connectivity index is 2.02. The number of imidazole rings is 2. The molecule has 8 amide bonds. The van der Waals surface area contributed by atoms with E-state index >= 15 is 0 Å². The van der Waals surface area contributed by atoms with Crippen molar-refractivity contribution in [3.8, 4) is 0 Å². The van der Waals surface area contributed by atoms with Gasteiger partial charge in [0.1, 0.15) is 42.3 Å². The second-order valence-corrected chi connectivity index (χ2v) is 14.3. The van der Waals surface area contributed by atoms with Gasteiger partial charge in [-0.05, 0) is 40.5 Å². The van der Waals surface area contributed by atoms with E-state index in [9.17, 15) is 53.1 Å². The number of hydrogen-bond donors (Lipinski definition) is 13. The number of carboxylic acid groups (broad SMARTS) is 2. The first-order valence-electron chi connectivity index (χ1n) is 19.1. The van der Waals surface area contributed by atoms with E-state index < -0.39 is 126 Å². The standard InChI is InChI=1S/C36H54N12O13/c1-16(10-21-12-38-14-40-21)30(55)46-24(7-9-27(52)53)34(59)44-18(3)32(57)42-17(2)31(56)43-19(4)33(58)48-28(20(5)49)36(61)47-25(11-22-13-39-15-41-22)35(60)45-23(29(37)54)6-8-26(50)51/h12-20,23-25,28,49H,6-11H2,1-5H3,(H2,37,54)(H,38,40)(H,39,41)(H,42,57)(H,43,56)(H,44,59)(H,45,60)(H,46,55)(H,47,61)(H,48,58)(H,50,51)(H,52,53)/t16-,17-,18-,19-,20+,23-,24-,25-,28-/m1/s1. The lowest BCUT2D eigenvalue weighted by Gasteiger charge is -2.27. The number of amides is 8. The zero-order valence-electron chi connectivity index (χ0n) is 34.1. The molecule has 0 fully saturated rings. The highest BCUT2D eigenvalue weighted by molar-refractivity contribution is 5.97. The molecule has 0 saturated heterocycles. The number of hydrogen-bond acceptors (Lipinski definition) is 13. The lowest BCUT2D eigenvalue weighted by Crippen LogP contribution is -2.61. The van der Waals surface area contributed by atoms with E-state index in [1.54, 1.807) is 6.92 Å². The van der Waals surface area contributed by atoms with Crippen LogP contribution in [0.15, 0.2) is 25.0 Å². The first-order valence-corrected chi connectivity index (χ1v) is 19.1. The normalized spacial score (nSPS) is 15.4. The summed E-state index contributed by atoms with van der Waals surface area (Å²) in [5.41, 5.74) is 6.33. The fourth-order valence-corrected chi connectivity index (χ4v) is 5.45. The third-order valence-electron chi connectivity index (χ3n) is 9.05. The lowest BCUT2D eigenvalue weighted by atomic mass is 10.0. The Morgan fingerprint density at radius 1 is 0.557 bits per heavy atom. The van der Waals surface area contributed by atoms with Gasteiger partial charge in [-0.2, -0.15) is 0 Å². The van der Waals surface area contributed by atoms with Crippen molar-refractivity contribution in [2.24, 2.45) is 11.7 Å². The molecule has 0 aliphatic rings. The molecular formula is C36H54N12O13. The molecule has 2 aromatic heterocycles. The number of carbonyl (C=O) groups is 10. The molecule has 25 nitrogen and oxygen atoms in total. The minimum Gasteiger partial charge on any atom is -0.481 e. The number of carboxylic acids is 2. The topological polar surface area (TPSA) is 399 Å². The maximum absolute atomic E-state index is 13.4. The molecule has 336 valence electrons. The smallest absolute Gasteiger partial charge is 0.303 e. The summed E-state index contributed by atoms with van der Waals surface area (Å²) in [6.07, 6.45) is 2.45. The van der Waals surface area contributed by atoms with E-state index in [-0.39, 0.29) is 25.7 Å². The molecule has 0 bridgehead atoms. The molecule has 0 unspecified atom stereocenters. The Morgan fingerprint density at radius 2 is 0.967 bits per heavy atom. The van der Waals surface area contributed by atoms with Gasteiger partial charge in [0, 0.05) is 55.4 Å². The Labute approximate surface area is 348 Å². The van der Waals surface area contributed by atoms with Gasteiger partial charge in [-0.3, -0.25) is 47.9 Å². The average Bonchev–Trinajstić information content (AvgIpc) is 3.90. The minimum atomic E-state index is -1.70. The van der Waals surface area contributed by atoms with Gasteiger partial charge in [0.2, 0.25) is 47.3 Å². The summed E-state index contributed by atoms with van der Waals surface area (Å²) in [5, 5.41) is 45.2. The van der Waals surface area contributed by atoms with E-state index in [2.05, 4.69) is 57.2 Å². The summed E-state index contributed by atoms with van der Waals surface area (Å²) in [5.74, 6) is -10.3. The van der Waals surface area contributed by atoms with Crippen molar-refractivity contribution in [1.82, 2.24) is 57.2 Å². The van der Waals surface area contributed by atoms with Gasteiger partial charge >= 0.3 is 11.9 Å². The molecule has 2 rings (SSSR count). The van der Waals surface area contributed by atoms with Gasteiger partial charge in [0.25, 0.3) is 0 Å². The van der Waals surface area contributed by atoms with Crippen LogP contribution in [-0.2, 0) is 60.8 Å². The molecule has 14 N–H and O–H groups in total. The monoisotopic (exact) mass is 862 g/mol. The van der Waals surface area contributed by atoms with E-state index in [0.717, 1.165) is 6.92 Å². The van der Waals surface area contributed by atoms with Gasteiger partial charge in [-0.15, -0.1) is 0 Å². The number of primary amides is 1. The fourth-order valence-electron chi connectivity index (χ4n) is 5.45. The lowest BCUT2D eigenvalue weighted by molar-refractivity contribution is -0.139. The third kappa shape index (κ3) is 17.5. The van der Waals surface area contributed by atoms with Crippen molar-refractivity contribution in [1.29, 1.82) is 0 Å². The molecule has 0 radical (unpaired) electrons. The molecule has 61 heavy (non-hydrogen) atoms. The molecule has 9 atom stereocenters. The quantitative estimate of drug-likeness (QED) is 0.0425. The van der Waals surface area contributed by atoms with Crippen molar-refractivity contribution in [3.05, 3.63) is 36.4 Å². The molecular weight excluding hydrogens is 808 g/mol. The summed E-state index contributed by atoms with van der Waals surface area (Å²) < 4.78 is 0. The Hall–Kier alpha value is -6.92. The van der Waals surface area contributed by atoms with E-state index in [4.69, 9.17) is 15.9 Å². The molecule has 25 heteroatoms. The molecule has 0 aliphatic heterocycles. The van der Waals surface area contributed by atoms with Crippen LogP contribution in [0.1, 0.15) is 71.7 Å². The number of aliphatic hydroxyl groups is 1. The highest BCUT2D eigenvalue weighted by Crippen LogP contribution is 2.09. The van der Waals surface area contributed by atoms with Gasteiger partial charge in [-0.25, -0.2) is 9.97 Å². The molecule has 0 spiro atoms. The van der Waals surface area contributed by atoms with Crippen molar-refractivity contribution < 1.29 is 63.3 Å². The Morgan fingerprint density at radius 3 is 1.41 bits per heavy atom. The highest BCUT2D eigenvalue weighted by Gasteiger charge is 2.34. The van der Waals surface area contributed by atoms with Gasteiger partial charge in [0.15, 0.2) is 0 Å². The number of aromatic amines is 2. The first-order chi connectivity index (χ1) is 28.6. The van der Waals surface area contributed by atoms with E-state index in [1.165, 1.54) is 45.8 Å². The minimum absolute atomic E-state index is 0.227. The molecule has 2 aromatic rings. The van der Waals surface area contributed by atoms with Gasteiger partial charge in [-0.1, -0.05) is 6.92 Å². The summed E-state index contributed by atoms with van der Waals surface area (Å²) in [7, 11) is 0. The molecule has 0 aliphatic carbocycles. The predicted octanol–water partition coefficient (Wildman–Crippen LogP) is -4.40. The van der Waals surface area contributed by atoms with Gasteiger partial charge in [0.05, 0.1) is 18.8 Å². The summed E-state index contributed by atoms with van der Waals surface area (Å²) in [4.78, 5) is 139. The average molecular weight is 863 g/mol. The number of H-pyrrole nitrogens is 2. The van der Waals surface area contributed by atoms with Crippen molar-refractivity contribution >= 4 is 59.2 Å². The SMILES string of the molecule is C[C@H](Cc1cnc[nH]1)C(=O)N[C@H](CCC(=O)O)C(=O)N[C@H](C)C(=O)N[C@H](C)C(=O)N[C@H](C)C(=O)N[C@@H](C(=O)N[C@H](Cc1cnc[nH]1)C(=O)N[C@H](CCC(=O)O)C(N)=O)[C@H](C)O. The van der Waals surface area contributed by atoms with Crippen LogP contribution in [0.3, 0.4) is 0 Å².